The van der Waals surface area contributed by atoms with Crippen LogP contribution in [-0.2, 0) is 0 Å². The van der Waals surface area contributed by atoms with E-state index < -0.39 is 0 Å². The fraction of sp³-hybridized carbons (Fsp3) is 0.188. The van der Waals surface area contributed by atoms with Crippen LogP contribution in [0.5, 0.6) is 0 Å². The predicted molar refractivity (Wildman–Crippen MR) is 77.3 cm³/mol. The third kappa shape index (κ3) is 3.23. The summed E-state index contributed by atoms with van der Waals surface area (Å²) in [4.78, 5) is 13.4. The van der Waals surface area contributed by atoms with Crippen LogP contribution in [0.1, 0.15) is 29.3 Å². The van der Waals surface area contributed by atoms with E-state index in [0.717, 1.165) is 23.3 Å². The van der Waals surface area contributed by atoms with Gasteiger partial charge < -0.3 is 0 Å². The lowest BCUT2D eigenvalue weighted by molar-refractivity contribution is 0.103. The van der Waals surface area contributed by atoms with Gasteiger partial charge in [-0.1, -0.05) is 37.3 Å². The third-order valence-corrected chi connectivity index (χ3v) is 3.84. The summed E-state index contributed by atoms with van der Waals surface area (Å²) in [5.41, 5.74) is 1.49. The van der Waals surface area contributed by atoms with Crippen molar-refractivity contribution in [2.75, 3.05) is 5.75 Å². The van der Waals surface area contributed by atoms with Crippen molar-refractivity contribution < 1.29 is 4.79 Å². The van der Waals surface area contributed by atoms with Gasteiger partial charge >= 0.3 is 0 Å². The van der Waals surface area contributed by atoms with Gasteiger partial charge in [0.05, 0.1) is 0 Å². The van der Waals surface area contributed by atoms with E-state index in [2.05, 4.69) is 6.92 Å². The summed E-state index contributed by atoms with van der Waals surface area (Å²) < 4.78 is 0. The van der Waals surface area contributed by atoms with Crippen molar-refractivity contribution in [1.82, 2.24) is 0 Å². The van der Waals surface area contributed by atoms with Crippen LogP contribution in [0, 0.1) is 0 Å². The number of hydrogen-bond donors (Lipinski definition) is 0. The number of rotatable bonds is 5. The summed E-state index contributed by atoms with van der Waals surface area (Å²) >= 11 is 1.83. The Kier molecular flexibility index (Phi) is 4.59. The van der Waals surface area contributed by atoms with E-state index in [-0.39, 0.29) is 5.78 Å². The normalized spacial score (nSPS) is 10.3. The van der Waals surface area contributed by atoms with Crippen molar-refractivity contribution in [3.05, 3.63) is 65.7 Å². The Labute approximate surface area is 112 Å². The first-order chi connectivity index (χ1) is 8.81. The van der Waals surface area contributed by atoms with Gasteiger partial charge in [0, 0.05) is 16.0 Å². The summed E-state index contributed by atoms with van der Waals surface area (Å²) in [6, 6.07) is 17.3. The van der Waals surface area contributed by atoms with Gasteiger partial charge in [-0.3, -0.25) is 4.79 Å². The van der Waals surface area contributed by atoms with Gasteiger partial charge in [-0.2, -0.15) is 0 Å². The molecule has 0 atom stereocenters. The van der Waals surface area contributed by atoms with Gasteiger partial charge in [-0.25, -0.2) is 0 Å². The molecule has 0 bridgehead atoms. The molecule has 0 aliphatic heterocycles. The SMILES string of the molecule is CCCSc1ccc(C(=O)c2ccccc2)cc1. The molecular weight excluding hydrogens is 240 g/mol. The van der Waals surface area contributed by atoms with Crippen molar-refractivity contribution in [3.8, 4) is 0 Å². The summed E-state index contributed by atoms with van der Waals surface area (Å²) in [6.45, 7) is 2.17. The minimum Gasteiger partial charge on any atom is -0.289 e. The van der Waals surface area contributed by atoms with Crippen LogP contribution >= 0.6 is 11.8 Å². The Balaban J connectivity index is 2.12. The van der Waals surface area contributed by atoms with E-state index in [1.807, 2.05) is 66.4 Å². The van der Waals surface area contributed by atoms with Gasteiger partial charge in [0.1, 0.15) is 0 Å². The monoisotopic (exact) mass is 256 g/mol. The molecule has 0 amide bonds. The fourth-order valence-electron chi connectivity index (χ4n) is 1.68. The molecule has 0 aliphatic rings. The maximum atomic E-state index is 12.2. The minimum absolute atomic E-state index is 0.0858. The van der Waals surface area contributed by atoms with Crippen LogP contribution in [0.25, 0.3) is 0 Å². The molecule has 0 radical (unpaired) electrons. The topological polar surface area (TPSA) is 17.1 Å². The third-order valence-electron chi connectivity index (χ3n) is 2.63. The Morgan fingerprint density at radius 3 is 2.17 bits per heavy atom. The molecule has 2 aromatic carbocycles. The molecule has 2 rings (SSSR count). The van der Waals surface area contributed by atoms with Crippen molar-refractivity contribution in [2.45, 2.75) is 18.2 Å². The van der Waals surface area contributed by atoms with Crippen LogP contribution < -0.4 is 0 Å². The molecule has 0 saturated carbocycles. The minimum atomic E-state index is 0.0858. The molecule has 0 N–H and O–H groups in total. The molecular formula is C16H16OS. The number of ketones is 1. The summed E-state index contributed by atoms with van der Waals surface area (Å²) in [5, 5.41) is 0. The van der Waals surface area contributed by atoms with Gasteiger partial charge in [-0.15, -0.1) is 11.8 Å². The zero-order valence-corrected chi connectivity index (χ0v) is 11.2. The zero-order chi connectivity index (χ0) is 12.8. The average Bonchev–Trinajstić information content (AvgIpc) is 2.46. The summed E-state index contributed by atoms with van der Waals surface area (Å²) in [5.74, 6) is 1.20. The summed E-state index contributed by atoms with van der Waals surface area (Å²) in [7, 11) is 0. The summed E-state index contributed by atoms with van der Waals surface area (Å²) in [6.07, 6.45) is 1.16. The highest BCUT2D eigenvalue weighted by Gasteiger charge is 2.07. The molecule has 0 aliphatic carbocycles. The number of thioether (sulfide) groups is 1. The highest BCUT2D eigenvalue weighted by atomic mass is 32.2. The molecule has 1 nitrogen and oxygen atoms in total. The zero-order valence-electron chi connectivity index (χ0n) is 10.4. The van der Waals surface area contributed by atoms with Gasteiger partial charge in [0.2, 0.25) is 0 Å². The maximum Gasteiger partial charge on any atom is 0.193 e. The van der Waals surface area contributed by atoms with Crippen LogP contribution in [0.4, 0.5) is 0 Å². The number of benzene rings is 2. The first-order valence-electron chi connectivity index (χ1n) is 6.14. The molecule has 0 unspecified atom stereocenters. The second kappa shape index (κ2) is 6.41. The van der Waals surface area contributed by atoms with Crippen LogP contribution in [0.3, 0.4) is 0 Å². The molecule has 2 heteroatoms. The Bertz CT molecular complexity index is 502. The Morgan fingerprint density at radius 2 is 1.56 bits per heavy atom. The number of carbonyl (C=O) groups is 1. The molecule has 0 heterocycles. The molecule has 0 aromatic heterocycles. The quantitative estimate of drug-likeness (QED) is 0.582. The van der Waals surface area contributed by atoms with Crippen molar-refractivity contribution in [3.63, 3.8) is 0 Å². The van der Waals surface area contributed by atoms with E-state index in [9.17, 15) is 4.79 Å². The smallest absolute Gasteiger partial charge is 0.193 e. The van der Waals surface area contributed by atoms with Gasteiger partial charge in [0.15, 0.2) is 5.78 Å². The second-order valence-corrected chi connectivity index (χ2v) is 5.24. The van der Waals surface area contributed by atoms with Crippen LogP contribution in [0.15, 0.2) is 59.5 Å². The molecule has 18 heavy (non-hydrogen) atoms. The second-order valence-electron chi connectivity index (χ2n) is 4.07. The van der Waals surface area contributed by atoms with Gasteiger partial charge in [0.25, 0.3) is 0 Å². The lowest BCUT2D eigenvalue weighted by atomic mass is 10.0. The largest absolute Gasteiger partial charge is 0.289 e. The Morgan fingerprint density at radius 1 is 0.944 bits per heavy atom. The van der Waals surface area contributed by atoms with E-state index in [4.69, 9.17) is 0 Å². The molecule has 0 saturated heterocycles. The first-order valence-corrected chi connectivity index (χ1v) is 7.12. The van der Waals surface area contributed by atoms with E-state index in [1.54, 1.807) is 0 Å². The average molecular weight is 256 g/mol. The highest BCUT2D eigenvalue weighted by molar-refractivity contribution is 7.99. The van der Waals surface area contributed by atoms with Crippen molar-refractivity contribution >= 4 is 17.5 Å². The van der Waals surface area contributed by atoms with E-state index in [1.165, 1.54) is 4.90 Å². The molecule has 0 fully saturated rings. The van der Waals surface area contributed by atoms with Crippen molar-refractivity contribution in [2.24, 2.45) is 0 Å². The number of carbonyl (C=O) groups excluding carboxylic acids is 1. The maximum absolute atomic E-state index is 12.2. The number of hydrogen-bond acceptors (Lipinski definition) is 2. The fourth-order valence-corrected chi connectivity index (χ4v) is 2.45. The highest BCUT2D eigenvalue weighted by Crippen LogP contribution is 2.20. The van der Waals surface area contributed by atoms with Crippen LogP contribution in [-0.4, -0.2) is 11.5 Å². The van der Waals surface area contributed by atoms with Crippen LogP contribution in [0.2, 0.25) is 0 Å². The molecule has 92 valence electrons. The standard InChI is InChI=1S/C16H16OS/c1-2-12-18-15-10-8-14(9-11-15)16(17)13-6-4-3-5-7-13/h3-11H,2,12H2,1H3. The first kappa shape index (κ1) is 12.9. The lowest BCUT2D eigenvalue weighted by Gasteiger charge is -2.03. The van der Waals surface area contributed by atoms with E-state index in [0.29, 0.717) is 0 Å². The predicted octanol–water partition coefficient (Wildman–Crippen LogP) is 4.42. The Hall–Kier alpha value is -1.54. The van der Waals surface area contributed by atoms with Crippen molar-refractivity contribution in [1.29, 1.82) is 0 Å². The van der Waals surface area contributed by atoms with E-state index >= 15 is 0 Å². The van der Waals surface area contributed by atoms with Gasteiger partial charge in [-0.05, 0) is 36.4 Å². The lowest BCUT2D eigenvalue weighted by Crippen LogP contribution is -2.00. The molecule has 0 spiro atoms. The molecule has 2 aromatic rings.